The highest BCUT2D eigenvalue weighted by Crippen LogP contribution is 2.36. The number of carbonyl (C=O) groups excluding carboxylic acids is 3. The van der Waals surface area contributed by atoms with Gasteiger partial charge in [0.05, 0.1) is 29.2 Å². The number of amides is 3. The Balaban J connectivity index is 1.20. The van der Waals surface area contributed by atoms with Gasteiger partial charge in [-0.1, -0.05) is 60.3 Å². The summed E-state index contributed by atoms with van der Waals surface area (Å²) in [6, 6.07) is 22.1. The van der Waals surface area contributed by atoms with Crippen LogP contribution < -0.4 is 10.2 Å². The largest absolute Gasteiger partial charge is 0.378 e. The van der Waals surface area contributed by atoms with E-state index in [0.717, 1.165) is 50.0 Å². The van der Waals surface area contributed by atoms with Crippen LogP contribution in [0.2, 0.25) is 10.0 Å². The maximum Gasteiger partial charge on any atom is 0.253 e. The minimum absolute atomic E-state index is 0.0549. The number of nitrogens with one attached hydrogen (secondary N) is 1. The molecule has 0 bridgehead atoms. The van der Waals surface area contributed by atoms with Gasteiger partial charge in [0.2, 0.25) is 5.91 Å². The molecule has 3 fully saturated rings. The molecule has 0 unspecified atom stereocenters. The van der Waals surface area contributed by atoms with Crippen molar-refractivity contribution in [2.75, 3.05) is 51.3 Å². The number of morpholine rings is 1. The maximum atomic E-state index is 14.2. The van der Waals surface area contributed by atoms with Gasteiger partial charge in [-0.15, -0.1) is 0 Å². The molecule has 8 nitrogen and oxygen atoms in total. The average molecular weight is 678 g/mol. The van der Waals surface area contributed by atoms with E-state index < -0.39 is 0 Å². The first-order chi connectivity index (χ1) is 22.8. The van der Waals surface area contributed by atoms with Gasteiger partial charge in [0, 0.05) is 68.0 Å². The summed E-state index contributed by atoms with van der Waals surface area (Å²) in [7, 11) is 1.85. The number of anilines is 1. The fourth-order valence-corrected chi connectivity index (χ4v) is 7.65. The molecule has 248 valence electrons. The molecule has 0 spiro atoms. The predicted molar refractivity (Wildman–Crippen MR) is 185 cm³/mol. The topological polar surface area (TPSA) is 82.2 Å². The highest BCUT2D eigenvalue weighted by molar-refractivity contribution is 6.42. The number of likely N-dealkylation sites (N-methyl/N-ethyl adjacent to an activating group) is 1. The Morgan fingerprint density at radius 2 is 1.55 bits per heavy atom. The molecule has 2 heterocycles. The van der Waals surface area contributed by atoms with E-state index >= 15 is 0 Å². The molecule has 3 aromatic rings. The van der Waals surface area contributed by atoms with Gasteiger partial charge in [-0.05, 0) is 73.4 Å². The van der Waals surface area contributed by atoms with E-state index in [-0.39, 0.29) is 41.6 Å². The third-order valence-electron chi connectivity index (χ3n) is 10.0. The molecule has 0 aromatic heterocycles. The minimum Gasteiger partial charge on any atom is -0.378 e. The fourth-order valence-electron chi connectivity index (χ4n) is 7.34. The lowest BCUT2D eigenvalue weighted by atomic mass is 9.81. The lowest BCUT2D eigenvalue weighted by Gasteiger charge is -2.45. The Hall–Kier alpha value is -3.59. The van der Waals surface area contributed by atoms with E-state index in [2.05, 4.69) is 10.2 Å². The standard InChI is InChI=1S/C37H42Cl2N4O4/c1-41(36(45)26-11-14-28(15-12-26)42-19-21-47-22-20-42)34-17-18-43(24-30(34)27-13-16-31(38)32(39)23-27)37(46)29-9-5-6-10-33(29)40-35(44)25-7-3-2-4-8-25/h2-4,7-8,11-16,23,29-30,33-34H,5-6,9-10,17-22,24H2,1H3,(H,40,44)/t29-,30-,33+,34+/m0/s1. The van der Waals surface area contributed by atoms with Crippen LogP contribution in [-0.4, -0.2) is 86.0 Å². The number of hydrogen-bond donors (Lipinski definition) is 1. The van der Waals surface area contributed by atoms with Crippen LogP contribution in [0.3, 0.4) is 0 Å². The van der Waals surface area contributed by atoms with Crippen LogP contribution in [0.1, 0.15) is 64.3 Å². The highest BCUT2D eigenvalue weighted by Gasteiger charge is 2.41. The zero-order chi connectivity index (χ0) is 32.9. The van der Waals surface area contributed by atoms with Crippen LogP contribution in [-0.2, 0) is 9.53 Å². The van der Waals surface area contributed by atoms with Gasteiger partial charge in [0.25, 0.3) is 11.8 Å². The first-order valence-corrected chi connectivity index (χ1v) is 17.4. The summed E-state index contributed by atoms with van der Waals surface area (Å²) in [6.45, 7) is 4.01. The normalized spacial score (nSPS) is 23.2. The second-order valence-corrected chi connectivity index (χ2v) is 13.6. The number of likely N-dealkylation sites (tertiary alicyclic amines) is 1. The van der Waals surface area contributed by atoms with Crippen molar-refractivity contribution in [3.05, 3.63) is 99.5 Å². The molecule has 10 heteroatoms. The van der Waals surface area contributed by atoms with Gasteiger partial charge in [-0.2, -0.15) is 0 Å². The summed E-state index contributed by atoms with van der Waals surface area (Å²) in [6.07, 6.45) is 4.02. The Labute approximate surface area is 286 Å². The molecule has 3 amide bonds. The Kier molecular flexibility index (Phi) is 10.7. The summed E-state index contributed by atoms with van der Waals surface area (Å²) >= 11 is 12.8. The molecule has 4 atom stereocenters. The van der Waals surface area contributed by atoms with Crippen LogP contribution in [0.4, 0.5) is 5.69 Å². The summed E-state index contributed by atoms with van der Waals surface area (Å²) in [5, 5.41) is 4.06. The van der Waals surface area contributed by atoms with Gasteiger partial charge in [0.15, 0.2) is 0 Å². The SMILES string of the molecule is CN(C(=O)c1ccc(N2CCOCC2)cc1)[C@@H]1CCN(C(=O)[C@H]2CCCC[C@H]2NC(=O)c2ccccc2)C[C@H]1c1ccc(Cl)c(Cl)c1. The molecule has 1 aliphatic carbocycles. The van der Waals surface area contributed by atoms with Crippen molar-refractivity contribution in [3.63, 3.8) is 0 Å². The van der Waals surface area contributed by atoms with Gasteiger partial charge in [0.1, 0.15) is 0 Å². The van der Waals surface area contributed by atoms with E-state index in [4.69, 9.17) is 27.9 Å². The molecule has 1 N–H and O–H groups in total. The Bertz CT molecular complexity index is 1560. The van der Waals surface area contributed by atoms with Gasteiger partial charge in [-0.25, -0.2) is 0 Å². The second-order valence-electron chi connectivity index (χ2n) is 12.8. The van der Waals surface area contributed by atoms with Crippen LogP contribution in [0, 0.1) is 5.92 Å². The lowest BCUT2D eigenvalue weighted by Crippen LogP contribution is -2.55. The number of ether oxygens (including phenoxy) is 1. The summed E-state index contributed by atoms with van der Waals surface area (Å²) < 4.78 is 5.48. The van der Waals surface area contributed by atoms with Crippen molar-refractivity contribution < 1.29 is 19.1 Å². The van der Waals surface area contributed by atoms with Gasteiger partial charge < -0.3 is 24.8 Å². The molecule has 3 aliphatic rings. The van der Waals surface area contributed by atoms with E-state index in [1.807, 2.05) is 71.4 Å². The first kappa shape index (κ1) is 33.3. The van der Waals surface area contributed by atoms with Crippen LogP contribution in [0.5, 0.6) is 0 Å². The quantitative estimate of drug-likeness (QED) is 0.319. The molecule has 6 rings (SSSR count). The van der Waals surface area contributed by atoms with E-state index in [1.165, 1.54) is 0 Å². The van der Waals surface area contributed by atoms with Crippen molar-refractivity contribution in [1.29, 1.82) is 0 Å². The van der Waals surface area contributed by atoms with Crippen molar-refractivity contribution >= 4 is 46.6 Å². The molecule has 47 heavy (non-hydrogen) atoms. The van der Waals surface area contributed by atoms with Crippen molar-refractivity contribution in [2.24, 2.45) is 5.92 Å². The molecule has 2 saturated heterocycles. The van der Waals surface area contributed by atoms with Crippen LogP contribution >= 0.6 is 23.2 Å². The smallest absolute Gasteiger partial charge is 0.253 e. The lowest BCUT2D eigenvalue weighted by molar-refractivity contribution is -0.139. The van der Waals surface area contributed by atoms with Crippen LogP contribution in [0.15, 0.2) is 72.8 Å². The molecule has 3 aromatic carbocycles. The first-order valence-electron chi connectivity index (χ1n) is 16.6. The molecule has 2 aliphatic heterocycles. The zero-order valence-corrected chi connectivity index (χ0v) is 28.3. The van der Waals surface area contributed by atoms with E-state index in [1.54, 1.807) is 18.2 Å². The van der Waals surface area contributed by atoms with Gasteiger partial charge >= 0.3 is 0 Å². The third-order valence-corrected chi connectivity index (χ3v) is 10.7. The Morgan fingerprint density at radius 1 is 0.830 bits per heavy atom. The number of nitrogens with zero attached hydrogens (tertiary/aromatic N) is 3. The number of piperidine rings is 1. The maximum absolute atomic E-state index is 14.2. The zero-order valence-electron chi connectivity index (χ0n) is 26.7. The van der Waals surface area contributed by atoms with Crippen molar-refractivity contribution in [3.8, 4) is 0 Å². The van der Waals surface area contributed by atoms with E-state index in [9.17, 15) is 14.4 Å². The molecule has 0 radical (unpaired) electrons. The monoisotopic (exact) mass is 676 g/mol. The molecular weight excluding hydrogens is 635 g/mol. The molecular formula is C37H42Cl2N4O4. The minimum atomic E-state index is -0.299. The van der Waals surface area contributed by atoms with Crippen LogP contribution in [0.25, 0.3) is 0 Å². The third kappa shape index (κ3) is 7.61. The Morgan fingerprint density at radius 3 is 2.28 bits per heavy atom. The van der Waals surface area contributed by atoms with Gasteiger partial charge in [-0.3, -0.25) is 14.4 Å². The number of rotatable bonds is 7. The number of halogens is 2. The number of hydrogen-bond acceptors (Lipinski definition) is 5. The number of benzene rings is 3. The van der Waals surface area contributed by atoms with Crippen molar-refractivity contribution in [1.82, 2.24) is 15.1 Å². The predicted octanol–water partition coefficient (Wildman–Crippen LogP) is 6.28. The second kappa shape index (κ2) is 15.1. The summed E-state index contributed by atoms with van der Waals surface area (Å²) in [4.78, 5) is 47.1. The summed E-state index contributed by atoms with van der Waals surface area (Å²) in [5.41, 5.74) is 3.22. The average Bonchev–Trinajstić information content (AvgIpc) is 3.12. The highest BCUT2D eigenvalue weighted by atomic mass is 35.5. The number of carbonyl (C=O) groups is 3. The van der Waals surface area contributed by atoms with Crippen molar-refractivity contribution in [2.45, 2.75) is 50.1 Å². The van der Waals surface area contributed by atoms with E-state index in [0.29, 0.717) is 53.9 Å². The molecule has 1 saturated carbocycles. The summed E-state index contributed by atoms with van der Waals surface area (Å²) in [5.74, 6) is -0.638. The fraction of sp³-hybridized carbons (Fsp3) is 0.432.